The third-order valence-corrected chi connectivity index (χ3v) is 10.1. The minimum atomic E-state index is -4.34. The Kier molecular flexibility index (Phi) is 7.09. The van der Waals surface area contributed by atoms with Gasteiger partial charge in [0.05, 0.1) is 0 Å². The topological polar surface area (TPSA) is 75.8 Å². The van der Waals surface area contributed by atoms with Gasteiger partial charge >= 0.3 is 5.97 Å². The van der Waals surface area contributed by atoms with Gasteiger partial charge in [-0.25, -0.2) is 8.42 Å². The van der Waals surface area contributed by atoms with Gasteiger partial charge in [-0.3, -0.25) is 4.79 Å². The number of aliphatic carboxylic acids is 1. The van der Waals surface area contributed by atoms with Crippen LogP contribution in [0.3, 0.4) is 0 Å². The Morgan fingerprint density at radius 1 is 1.00 bits per heavy atom. The number of carboxylic acid groups (broad SMARTS) is 1. The zero-order valence-corrected chi connectivity index (χ0v) is 22.1. The molecule has 0 fully saturated rings. The van der Waals surface area contributed by atoms with Gasteiger partial charge < -0.3 is 9.51 Å². The zero-order valence-electron chi connectivity index (χ0n) is 21.3. The molecule has 0 amide bonds. The fourth-order valence-electron chi connectivity index (χ4n) is 5.48. The lowest BCUT2D eigenvalue weighted by molar-refractivity contribution is -0.136. The second kappa shape index (κ2) is 10.5. The molecule has 38 heavy (non-hydrogen) atoms. The number of nitrogens with zero attached hydrogens (tertiary/aromatic N) is 1. The molecule has 2 heterocycles. The van der Waals surface area contributed by atoms with E-state index in [1.54, 1.807) is 36.4 Å². The molecule has 194 valence electrons. The second-order valence-corrected chi connectivity index (χ2v) is 12.0. The Labute approximate surface area is 223 Å². The van der Waals surface area contributed by atoms with E-state index in [1.165, 1.54) is 0 Å². The lowest BCUT2D eigenvalue weighted by Crippen LogP contribution is -2.41. The van der Waals surface area contributed by atoms with E-state index in [4.69, 9.17) is 0 Å². The molecule has 2 unspecified atom stereocenters. The highest BCUT2D eigenvalue weighted by Gasteiger charge is 2.52. The number of allylic oxidation sites excluding steroid dienone is 3. The summed E-state index contributed by atoms with van der Waals surface area (Å²) in [5, 5.41) is 8.60. The van der Waals surface area contributed by atoms with E-state index in [1.807, 2.05) is 77.5 Å². The maximum atomic E-state index is 14.7. The molecule has 2 atom stereocenters. The molecule has 1 N–H and O–H groups in total. The maximum absolute atomic E-state index is 14.7. The Hall–Kier alpha value is -3.90. The summed E-state index contributed by atoms with van der Waals surface area (Å²) in [7, 11) is -4.34. The molecule has 2 aromatic heterocycles. The van der Waals surface area contributed by atoms with Gasteiger partial charge in [-0.05, 0) is 59.2 Å². The first-order valence-electron chi connectivity index (χ1n) is 12.9. The van der Waals surface area contributed by atoms with Crippen molar-refractivity contribution in [3.63, 3.8) is 0 Å². The number of hydrogen-bond donors (Lipinski definition) is 1. The molecule has 0 bridgehead atoms. The Morgan fingerprint density at radius 2 is 1.68 bits per heavy atom. The van der Waals surface area contributed by atoms with Crippen molar-refractivity contribution in [1.82, 2.24) is 4.40 Å². The highest BCUT2D eigenvalue weighted by Crippen LogP contribution is 2.48. The normalized spacial score (nSPS) is 18.3. The molecule has 0 aliphatic heterocycles. The molecule has 5 nitrogen and oxygen atoms in total. The summed E-state index contributed by atoms with van der Waals surface area (Å²) in [5.41, 5.74) is 4.71. The number of aromatic nitrogens is 1. The molecule has 0 saturated heterocycles. The number of aryl methyl sites for hydroxylation is 1. The summed E-state index contributed by atoms with van der Waals surface area (Å²) in [4.78, 5) is 12.7. The fraction of sp³-hybridized carbons (Fsp3) is 0.219. The van der Waals surface area contributed by atoms with Crippen LogP contribution in [0.15, 0.2) is 109 Å². The fourth-order valence-corrected chi connectivity index (χ4v) is 7.74. The van der Waals surface area contributed by atoms with Crippen molar-refractivity contribution in [3.05, 3.63) is 132 Å². The summed E-state index contributed by atoms with van der Waals surface area (Å²) >= 11 is 0. The third kappa shape index (κ3) is 4.39. The lowest BCUT2D eigenvalue weighted by atomic mass is 9.85. The molecule has 6 heteroatoms. The van der Waals surface area contributed by atoms with Crippen molar-refractivity contribution in [1.29, 1.82) is 0 Å². The number of carbonyl (C=O) groups is 1. The number of hydrogen-bond acceptors (Lipinski definition) is 3. The van der Waals surface area contributed by atoms with Crippen molar-refractivity contribution in [2.75, 3.05) is 0 Å². The summed E-state index contributed by atoms with van der Waals surface area (Å²) in [6, 6.07) is 23.9. The van der Waals surface area contributed by atoms with Gasteiger partial charge in [-0.2, -0.15) is 0 Å². The van der Waals surface area contributed by atoms with Crippen LogP contribution in [-0.4, -0.2) is 23.9 Å². The second-order valence-electron chi connectivity index (χ2n) is 9.74. The van der Waals surface area contributed by atoms with Gasteiger partial charge in [-0.1, -0.05) is 98.3 Å². The number of fused-ring (bicyclic) bond motifs is 1. The Balaban J connectivity index is 1.76. The number of benzene rings is 2. The number of carboxylic acids is 1. The van der Waals surface area contributed by atoms with Crippen LogP contribution in [0.4, 0.5) is 0 Å². The predicted molar refractivity (Wildman–Crippen MR) is 152 cm³/mol. The molecule has 0 spiro atoms. The molecule has 1 aliphatic rings. The summed E-state index contributed by atoms with van der Waals surface area (Å²) in [6.45, 7) is 2.11. The first-order chi connectivity index (χ1) is 18.4. The third-order valence-electron chi connectivity index (χ3n) is 7.44. The molecule has 0 saturated carbocycles. The molecular weight excluding hydrogens is 494 g/mol. The lowest BCUT2D eigenvalue weighted by Gasteiger charge is -2.35. The minimum absolute atomic E-state index is 0.142. The molecule has 5 rings (SSSR count). The van der Waals surface area contributed by atoms with E-state index in [9.17, 15) is 18.3 Å². The van der Waals surface area contributed by atoms with Crippen LogP contribution in [0.5, 0.6) is 0 Å². The van der Waals surface area contributed by atoms with Crippen LogP contribution in [0.2, 0.25) is 0 Å². The molecular formula is C32H31NO4S. The SMILES string of the molecule is CCCCc1c(C2(S(=O)(=O)C(C(=O)O)c3ccccc3)C=CC(c3ccccc3)=CC2)cn2ccccc12. The summed E-state index contributed by atoms with van der Waals surface area (Å²) in [5.74, 6) is -1.37. The average molecular weight is 526 g/mol. The Morgan fingerprint density at radius 3 is 2.32 bits per heavy atom. The van der Waals surface area contributed by atoms with E-state index >= 15 is 0 Å². The van der Waals surface area contributed by atoms with Crippen molar-refractivity contribution >= 4 is 26.9 Å². The van der Waals surface area contributed by atoms with E-state index in [-0.39, 0.29) is 12.0 Å². The van der Waals surface area contributed by atoms with Crippen LogP contribution in [0.1, 0.15) is 53.7 Å². The van der Waals surface area contributed by atoms with Crippen LogP contribution in [-0.2, 0) is 25.8 Å². The standard InChI is InChI=1S/C32H31NO4S/c1-2-3-16-27-28(23-33-22-11-10-17-29(27)33)32(20-18-25(19-21-32)24-12-6-4-7-13-24)38(36,37)30(31(34)35)26-14-8-5-9-15-26/h4-15,17-20,22-23,30H,2-3,16,21H2,1H3,(H,34,35). The first kappa shape index (κ1) is 25.7. The van der Waals surface area contributed by atoms with Crippen molar-refractivity contribution < 1.29 is 18.3 Å². The van der Waals surface area contributed by atoms with E-state index in [2.05, 4.69) is 6.92 Å². The van der Waals surface area contributed by atoms with Crippen LogP contribution >= 0.6 is 0 Å². The van der Waals surface area contributed by atoms with Gasteiger partial charge in [-0.15, -0.1) is 0 Å². The predicted octanol–water partition coefficient (Wildman–Crippen LogP) is 6.76. The van der Waals surface area contributed by atoms with Crippen molar-refractivity contribution in [3.8, 4) is 0 Å². The first-order valence-corrected chi connectivity index (χ1v) is 14.5. The number of unbranched alkanes of at least 4 members (excludes halogenated alkanes) is 1. The zero-order chi connectivity index (χ0) is 26.8. The van der Waals surface area contributed by atoms with Crippen molar-refractivity contribution in [2.24, 2.45) is 0 Å². The van der Waals surface area contributed by atoms with Gasteiger partial charge in [0, 0.05) is 17.9 Å². The summed E-state index contributed by atoms with van der Waals surface area (Å²) in [6.07, 6.45) is 12.0. The molecule has 0 radical (unpaired) electrons. The molecule has 1 aliphatic carbocycles. The van der Waals surface area contributed by atoms with Crippen molar-refractivity contribution in [2.45, 2.75) is 42.6 Å². The van der Waals surface area contributed by atoms with E-state index < -0.39 is 25.8 Å². The number of pyridine rings is 1. The average Bonchev–Trinajstić information content (AvgIpc) is 3.31. The number of rotatable bonds is 9. The van der Waals surface area contributed by atoms with E-state index in [0.29, 0.717) is 12.0 Å². The van der Waals surface area contributed by atoms with Gasteiger partial charge in [0.25, 0.3) is 0 Å². The van der Waals surface area contributed by atoms with E-state index in [0.717, 1.165) is 35.1 Å². The highest BCUT2D eigenvalue weighted by molar-refractivity contribution is 7.93. The minimum Gasteiger partial charge on any atom is -0.480 e. The Bertz CT molecular complexity index is 1620. The molecule has 4 aromatic rings. The largest absolute Gasteiger partial charge is 0.480 e. The van der Waals surface area contributed by atoms with Crippen LogP contribution in [0, 0.1) is 0 Å². The maximum Gasteiger partial charge on any atom is 0.326 e. The monoisotopic (exact) mass is 525 g/mol. The van der Waals surface area contributed by atoms with Crippen LogP contribution in [0.25, 0.3) is 11.1 Å². The van der Waals surface area contributed by atoms with Crippen LogP contribution < -0.4 is 0 Å². The summed E-state index contributed by atoms with van der Waals surface area (Å²) < 4.78 is 29.9. The van der Waals surface area contributed by atoms with Gasteiger partial charge in [0.1, 0.15) is 4.75 Å². The quantitative estimate of drug-likeness (QED) is 0.262. The van der Waals surface area contributed by atoms with Gasteiger partial charge in [0.2, 0.25) is 0 Å². The molecule has 2 aromatic carbocycles. The smallest absolute Gasteiger partial charge is 0.326 e. The van der Waals surface area contributed by atoms with Gasteiger partial charge in [0.15, 0.2) is 15.1 Å². The number of sulfone groups is 1. The highest BCUT2D eigenvalue weighted by atomic mass is 32.2.